The van der Waals surface area contributed by atoms with Gasteiger partial charge in [0.1, 0.15) is 17.1 Å². The largest absolute Gasteiger partial charge is 0.507 e. The predicted octanol–water partition coefficient (Wildman–Crippen LogP) is 2.31. The number of hydrogen-bond donors (Lipinski definition) is 1. The molecule has 0 saturated carbocycles. The van der Waals surface area contributed by atoms with Gasteiger partial charge in [0.2, 0.25) is 0 Å². The van der Waals surface area contributed by atoms with E-state index in [0.717, 1.165) is 0 Å². The van der Waals surface area contributed by atoms with Crippen LogP contribution in [-0.4, -0.2) is 23.8 Å². The smallest absolute Gasteiger partial charge is 0.183 e. The first-order valence-electron chi connectivity index (χ1n) is 5.55. The number of Topliss-reactive ketones (excluding diaryl/α,β-unsaturated/α-hetero) is 2. The van der Waals surface area contributed by atoms with Gasteiger partial charge in [0.25, 0.3) is 0 Å². The average molecular weight is 238 g/mol. The number of ketones is 2. The fourth-order valence-corrected chi connectivity index (χ4v) is 2.19. The highest BCUT2D eigenvalue weighted by atomic mass is 16.5. The molecule has 17 heavy (non-hydrogen) atoms. The average Bonchev–Trinajstić information content (AvgIpc) is 2.22. The maximum atomic E-state index is 12.2. The Kier molecular flexibility index (Phi) is 3.45. The van der Waals surface area contributed by atoms with Crippen molar-refractivity contribution >= 4 is 11.6 Å². The fraction of sp³-hybridized carbons (Fsp3) is 0.538. The number of rotatable bonds is 3. The minimum Gasteiger partial charge on any atom is -0.507 e. The molecule has 0 bridgehead atoms. The number of aliphatic hydroxyl groups excluding tert-OH is 1. The Balaban J connectivity index is 3.60. The molecule has 1 rings (SSSR count). The summed E-state index contributed by atoms with van der Waals surface area (Å²) in [6, 6.07) is 0. The van der Waals surface area contributed by atoms with Crippen LogP contribution in [0.15, 0.2) is 22.7 Å². The van der Waals surface area contributed by atoms with Gasteiger partial charge < -0.3 is 9.84 Å². The van der Waals surface area contributed by atoms with Crippen molar-refractivity contribution < 1.29 is 19.4 Å². The van der Waals surface area contributed by atoms with Crippen molar-refractivity contribution in [3.63, 3.8) is 0 Å². The summed E-state index contributed by atoms with van der Waals surface area (Å²) in [4.78, 5) is 23.6. The van der Waals surface area contributed by atoms with Crippen LogP contribution in [0.5, 0.6) is 0 Å². The first-order valence-corrected chi connectivity index (χ1v) is 5.55. The second-order valence-corrected chi connectivity index (χ2v) is 4.60. The van der Waals surface area contributed by atoms with Gasteiger partial charge in [-0.05, 0) is 27.2 Å². The van der Waals surface area contributed by atoms with Crippen molar-refractivity contribution in [2.75, 3.05) is 7.11 Å². The summed E-state index contributed by atoms with van der Waals surface area (Å²) < 4.78 is 5.23. The number of aliphatic hydroxyl groups is 1. The highest BCUT2D eigenvalue weighted by Crippen LogP contribution is 2.41. The number of methoxy groups -OCH3 is 1. The minimum atomic E-state index is -0.909. The zero-order valence-corrected chi connectivity index (χ0v) is 10.9. The summed E-state index contributed by atoms with van der Waals surface area (Å²) in [7, 11) is 1.46. The molecule has 0 heterocycles. The van der Waals surface area contributed by atoms with Crippen LogP contribution >= 0.6 is 0 Å². The molecule has 1 aliphatic carbocycles. The third-order valence-electron chi connectivity index (χ3n) is 3.07. The molecular weight excluding hydrogens is 220 g/mol. The van der Waals surface area contributed by atoms with Crippen LogP contribution in [0, 0.1) is 5.41 Å². The summed E-state index contributed by atoms with van der Waals surface area (Å²) in [5, 5.41) is 10.0. The first-order chi connectivity index (χ1) is 7.78. The zero-order valence-electron chi connectivity index (χ0n) is 10.9. The molecule has 1 N–H and O–H groups in total. The van der Waals surface area contributed by atoms with E-state index in [0.29, 0.717) is 17.8 Å². The van der Waals surface area contributed by atoms with Crippen LogP contribution in [0.25, 0.3) is 0 Å². The van der Waals surface area contributed by atoms with E-state index in [1.54, 1.807) is 13.8 Å². The third-order valence-corrected chi connectivity index (χ3v) is 3.07. The monoisotopic (exact) mass is 238 g/mol. The van der Waals surface area contributed by atoms with Gasteiger partial charge in [-0.3, -0.25) is 9.59 Å². The zero-order chi connectivity index (χ0) is 13.4. The van der Waals surface area contributed by atoms with Crippen molar-refractivity contribution in [2.24, 2.45) is 5.41 Å². The van der Waals surface area contributed by atoms with Crippen molar-refractivity contribution in [1.29, 1.82) is 0 Å². The van der Waals surface area contributed by atoms with E-state index < -0.39 is 17.0 Å². The number of allylic oxidation sites excluding steroid dienone is 3. The molecule has 0 saturated heterocycles. The van der Waals surface area contributed by atoms with Crippen LogP contribution < -0.4 is 0 Å². The van der Waals surface area contributed by atoms with Crippen LogP contribution in [0.1, 0.15) is 34.1 Å². The van der Waals surface area contributed by atoms with Crippen LogP contribution in [0.3, 0.4) is 0 Å². The third kappa shape index (κ3) is 1.88. The fourth-order valence-electron chi connectivity index (χ4n) is 2.19. The first kappa shape index (κ1) is 13.5. The van der Waals surface area contributed by atoms with E-state index in [9.17, 15) is 14.7 Å². The minimum absolute atomic E-state index is 0.118. The van der Waals surface area contributed by atoms with Gasteiger partial charge in [-0.2, -0.15) is 0 Å². The summed E-state index contributed by atoms with van der Waals surface area (Å²) >= 11 is 0. The molecular formula is C13H18O4. The summed E-state index contributed by atoms with van der Waals surface area (Å²) in [5.74, 6) is -0.605. The lowest BCUT2D eigenvalue weighted by atomic mass is 9.74. The topological polar surface area (TPSA) is 63.6 Å². The van der Waals surface area contributed by atoms with Gasteiger partial charge in [-0.25, -0.2) is 0 Å². The van der Waals surface area contributed by atoms with Gasteiger partial charge in [0.15, 0.2) is 11.6 Å². The lowest BCUT2D eigenvalue weighted by Gasteiger charge is -2.32. The molecule has 0 aromatic carbocycles. The van der Waals surface area contributed by atoms with Crippen molar-refractivity contribution in [1.82, 2.24) is 0 Å². The lowest BCUT2D eigenvalue weighted by molar-refractivity contribution is -0.126. The number of carbonyl (C=O) groups is 2. The van der Waals surface area contributed by atoms with E-state index in [4.69, 9.17) is 4.74 Å². The summed E-state index contributed by atoms with van der Waals surface area (Å²) in [6.07, 6.45) is 0.502. The molecule has 0 atom stereocenters. The van der Waals surface area contributed by atoms with E-state index >= 15 is 0 Å². The van der Waals surface area contributed by atoms with Crippen molar-refractivity contribution in [2.45, 2.75) is 34.1 Å². The maximum absolute atomic E-state index is 12.2. The molecule has 0 unspecified atom stereocenters. The Bertz CT molecular complexity index is 438. The molecule has 0 aliphatic heterocycles. The lowest BCUT2D eigenvalue weighted by Crippen LogP contribution is -2.36. The molecule has 0 fully saturated rings. The Morgan fingerprint density at radius 3 is 2.29 bits per heavy atom. The molecule has 0 radical (unpaired) electrons. The van der Waals surface area contributed by atoms with Gasteiger partial charge in [-0.1, -0.05) is 6.92 Å². The Labute approximate surface area is 101 Å². The van der Waals surface area contributed by atoms with Crippen LogP contribution in [0.2, 0.25) is 0 Å². The number of hydrogen-bond acceptors (Lipinski definition) is 4. The van der Waals surface area contributed by atoms with Gasteiger partial charge in [0, 0.05) is 5.57 Å². The molecule has 4 heteroatoms. The number of carbonyl (C=O) groups excluding carboxylic acids is 2. The Hall–Kier alpha value is -1.58. The molecule has 0 aromatic rings. The number of ether oxygens (including phenoxy) is 1. The summed E-state index contributed by atoms with van der Waals surface area (Å²) in [6.45, 7) is 6.51. The van der Waals surface area contributed by atoms with Crippen molar-refractivity contribution in [3.8, 4) is 0 Å². The van der Waals surface area contributed by atoms with Crippen molar-refractivity contribution in [3.05, 3.63) is 22.7 Å². The molecule has 0 spiro atoms. The van der Waals surface area contributed by atoms with Gasteiger partial charge >= 0.3 is 0 Å². The maximum Gasteiger partial charge on any atom is 0.183 e. The molecule has 1 aliphatic rings. The second-order valence-electron chi connectivity index (χ2n) is 4.60. The van der Waals surface area contributed by atoms with Crippen LogP contribution in [-0.2, 0) is 14.3 Å². The second kappa shape index (κ2) is 4.35. The molecule has 4 nitrogen and oxygen atoms in total. The predicted molar refractivity (Wildman–Crippen MR) is 63.4 cm³/mol. The molecule has 0 amide bonds. The van der Waals surface area contributed by atoms with Gasteiger partial charge in [0.05, 0.1) is 12.5 Å². The summed E-state index contributed by atoms with van der Waals surface area (Å²) in [5.41, 5.74) is -0.497. The Morgan fingerprint density at radius 1 is 1.41 bits per heavy atom. The molecule has 0 aromatic heterocycles. The van der Waals surface area contributed by atoms with E-state index in [1.807, 2.05) is 6.92 Å². The SMILES string of the molecule is CCC1=C(OC)C(C)(C)C(=O)C(C(C)=O)=C1O. The van der Waals surface area contributed by atoms with E-state index in [2.05, 4.69) is 0 Å². The van der Waals surface area contributed by atoms with Crippen LogP contribution in [0.4, 0.5) is 0 Å². The quantitative estimate of drug-likeness (QED) is 0.766. The molecule has 94 valence electrons. The highest BCUT2D eigenvalue weighted by molar-refractivity contribution is 6.23. The normalized spacial score (nSPS) is 19.7. The Morgan fingerprint density at radius 2 is 1.94 bits per heavy atom. The highest BCUT2D eigenvalue weighted by Gasteiger charge is 2.44. The van der Waals surface area contributed by atoms with E-state index in [1.165, 1.54) is 14.0 Å². The van der Waals surface area contributed by atoms with Gasteiger partial charge in [-0.15, -0.1) is 0 Å². The standard InChI is InChI=1S/C13H18O4/c1-6-8-10(15)9(7(2)14)11(16)13(3,4)12(8)17-5/h15H,6H2,1-5H3. The van der Waals surface area contributed by atoms with E-state index in [-0.39, 0.29) is 11.3 Å².